The van der Waals surface area contributed by atoms with E-state index in [1.165, 1.54) is 6.92 Å². The Balaban J connectivity index is 1.76. The Kier molecular flexibility index (Phi) is 7.39. The minimum atomic E-state index is -0.142. The molecule has 1 aromatic rings. The molecule has 1 aromatic carbocycles. The molecule has 1 aliphatic rings. The zero-order valence-corrected chi connectivity index (χ0v) is 16.8. The van der Waals surface area contributed by atoms with Gasteiger partial charge in [-0.05, 0) is 57.2 Å². The molecule has 0 atom stereocenters. The number of ether oxygens (including phenoxy) is 1. The molecule has 0 aliphatic carbocycles. The number of carbonyl (C=O) groups excluding carboxylic acids is 3. The van der Waals surface area contributed by atoms with Crippen LogP contribution in [0.25, 0.3) is 0 Å². The number of rotatable bonds is 7. The third kappa shape index (κ3) is 6.08. The van der Waals surface area contributed by atoms with Crippen molar-refractivity contribution in [3.05, 3.63) is 28.8 Å². The van der Waals surface area contributed by atoms with Gasteiger partial charge in [0, 0.05) is 32.0 Å². The minimum absolute atomic E-state index is 0.0110. The lowest BCUT2D eigenvalue weighted by Crippen LogP contribution is -2.47. The topological polar surface area (TPSA) is 75.7 Å². The summed E-state index contributed by atoms with van der Waals surface area (Å²) >= 11 is 0. The molecule has 0 unspecified atom stereocenters. The maximum absolute atomic E-state index is 12.2. The van der Waals surface area contributed by atoms with Crippen molar-refractivity contribution in [1.82, 2.24) is 10.2 Å². The van der Waals surface area contributed by atoms with Gasteiger partial charge in [0.2, 0.25) is 5.91 Å². The monoisotopic (exact) mass is 374 g/mol. The van der Waals surface area contributed by atoms with Crippen LogP contribution in [0.15, 0.2) is 12.1 Å². The number of Topliss-reactive ketones (excluding diaryl/α,β-unsaturated/α-hetero) is 1. The summed E-state index contributed by atoms with van der Waals surface area (Å²) in [6, 6.07) is 4.09. The first kappa shape index (κ1) is 20.9. The second kappa shape index (κ2) is 9.53. The second-order valence-corrected chi connectivity index (χ2v) is 7.37. The van der Waals surface area contributed by atoms with Crippen molar-refractivity contribution in [3.63, 3.8) is 0 Å². The van der Waals surface area contributed by atoms with Crippen LogP contribution in [-0.4, -0.2) is 48.2 Å². The highest BCUT2D eigenvalue weighted by molar-refractivity contribution is 5.83. The van der Waals surface area contributed by atoms with Gasteiger partial charge in [0.15, 0.2) is 6.61 Å². The van der Waals surface area contributed by atoms with Crippen LogP contribution in [-0.2, 0) is 14.4 Å². The van der Waals surface area contributed by atoms with Crippen LogP contribution < -0.4 is 10.1 Å². The summed E-state index contributed by atoms with van der Waals surface area (Å²) in [5, 5.41) is 3.00. The standard InChI is InChI=1S/C21H30N2O4/c1-14-5-6-15(2)21(17(14)4)27-13-19(25)22-18-9-11-23(12-10-18)20(26)8-7-16(3)24/h5-6,18H,7-13H2,1-4H3,(H,22,25). The van der Waals surface area contributed by atoms with Crippen molar-refractivity contribution in [2.75, 3.05) is 19.7 Å². The number of carbonyl (C=O) groups is 3. The van der Waals surface area contributed by atoms with E-state index in [-0.39, 0.29) is 36.7 Å². The molecule has 0 radical (unpaired) electrons. The van der Waals surface area contributed by atoms with Gasteiger partial charge in [-0.2, -0.15) is 0 Å². The van der Waals surface area contributed by atoms with E-state index in [0.717, 1.165) is 35.3 Å². The lowest BCUT2D eigenvalue weighted by molar-refractivity contribution is -0.134. The van der Waals surface area contributed by atoms with E-state index in [1.54, 1.807) is 4.90 Å². The average molecular weight is 374 g/mol. The van der Waals surface area contributed by atoms with Crippen LogP contribution in [0.5, 0.6) is 5.75 Å². The molecule has 27 heavy (non-hydrogen) atoms. The highest BCUT2D eigenvalue weighted by atomic mass is 16.5. The van der Waals surface area contributed by atoms with Gasteiger partial charge in [0.25, 0.3) is 5.91 Å². The number of nitrogens with one attached hydrogen (secondary N) is 1. The van der Waals surface area contributed by atoms with Gasteiger partial charge in [-0.25, -0.2) is 0 Å². The van der Waals surface area contributed by atoms with E-state index in [2.05, 4.69) is 5.32 Å². The molecule has 6 heteroatoms. The first-order valence-corrected chi connectivity index (χ1v) is 9.54. The number of likely N-dealkylation sites (tertiary alicyclic amines) is 1. The lowest BCUT2D eigenvalue weighted by atomic mass is 10.0. The molecule has 1 fully saturated rings. The largest absolute Gasteiger partial charge is 0.483 e. The van der Waals surface area contributed by atoms with Gasteiger partial charge in [-0.1, -0.05) is 12.1 Å². The molecule has 0 bridgehead atoms. The molecule has 148 valence electrons. The quantitative estimate of drug-likeness (QED) is 0.795. The Hall–Kier alpha value is -2.37. The highest BCUT2D eigenvalue weighted by Crippen LogP contribution is 2.25. The van der Waals surface area contributed by atoms with E-state index in [4.69, 9.17) is 4.74 Å². The molecule has 6 nitrogen and oxygen atoms in total. The fourth-order valence-corrected chi connectivity index (χ4v) is 3.27. The van der Waals surface area contributed by atoms with Crippen LogP contribution in [0, 0.1) is 20.8 Å². The number of benzene rings is 1. The highest BCUT2D eigenvalue weighted by Gasteiger charge is 2.24. The van der Waals surface area contributed by atoms with Crippen LogP contribution in [0.1, 0.15) is 49.3 Å². The second-order valence-electron chi connectivity index (χ2n) is 7.37. The van der Waals surface area contributed by atoms with Gasteiger partial charge in [-0.3, -0.25) is 9.59 Å². The molecule has 2 rings (SSSR count). The Morgan fingerprint density at radius 2 is 1.70 bits per heavy atom. The first-order chi connectivity index (χ1) is 12.8. The van der Waals surface area contributed by atoms with Crippen molar-refractivity contribution in [2.24, 2.45) is 0 Å². The summed E-state index contributed by atoms with van der Waals surface area (Å²) in [5.41, 5.74) is 3.21. The van der Waals surface area contributed by atoms with E-state index in [9.17, 15) is 14.4 Å². The molecule has 0 saturated carbocycles. The predicted octanol–water partition coefficient (Wildman–Crippen LogP) is 2.47. The Bertz CT molecular complexity index is 706. The summed E-state index contributed by atoms with van der Waals surface area (Å²) in [6.07, 6.45) is 2.01. The molecule has 1 aliphatic heterocycles. The number of nitrogens with zero attached hydrogens (tertiary/aromatic N) is 1. The fraction of sp³-hybridized carbons (Fsp3) is 0.571. The minimum Gasteiger partial charge on any atom is -0.483 e. The van der Waals surface area contributed by atoms with E-state index >= 15 is 0 Å². The number of ketones is 1. The maximum Gasteiger partial charge on any atom is 0.258 e. The van der Waals surface area contributed by atoms with Crippen LogP contribution >= 0.6 is 0 Å². The Morgan fingerprint density at radius 3 is 2.33 bits per heavy atom. The van der Waals surface area contributed by atoms with Gasteiger partial charge in [0.1, 0.15) is 11.5 Å². The van der Waals surface area contributed by atoms with Gasteiger partial charge >= 0.3 is 0 Å². The van der Waals surface area contributed by atoms with Crippen LogP contribution in [0.3, 0.4) is 0 Å². The van der Waals surface area contributed by atoms with E-state index < -0.39 is 0 Å². The summed E-state index contributed by atoms with van der Waals surface area (Å²) in [4.78, 5) is 37.1. The van der Waals surface area contributed by atoms with Gasteiger partial charge < -0.3 is 19.7 Å². The van der Waals surface area contributed by atoms with Crippen molar-refractivity contribution < 1.29 is 19.1 Å². The fourth-order valence-electron chi connectivity index (χ4n) is 3.27. The number of piperidine rings is 1. The van der Waals surface area contributed by atoms with Crippen LogP contribution in [0.2, 0.25) is 0 Å². The summed E-state index contributed by atoms with van der Waals surface area (Å²) < 4.78 is 5.76. The molecule has 1 heterocycles. The van der Waals surface area contributed by atoms with Gasteiger partial charge in [0.05, 0.1) is 0 Å². The Morgan fingerprint density at radius 1 is 1.07 bits per heavy atom. The summed E-state index contributed by atoms with van der Waals surface area (Å²) in [6.45, 7) is 8.69. The van der Waals surface area contributed by atoms with Gasteiger partial charge in [-0.15, -0.1) is 0 Å². The van der Waals surface area contributed by atoms with Crippen molar-refractivity contribution in [1.29, 1.82) is 0 Å². The Labute approximate surface area is 161 Å². The molecule has 1 N–H and O–H groups in total. The SMILES string of the molecule is CC(=O)CCC(=O)N1CCC(NC(=O)COc2c(C)ccc(C)c2C)CC1. The molecule has 0 spiro atoms. The molecule has 2 amide bonds. The number of amides is 2. The van der Waals surface area contributed by atoms with E-state index in [0.29, 0.717) is 19.5 Å². The van der Waals surface area contributed by atoms with Crippen molar-refractivity contribution in [3.8, 4) is 5.75 Å². The molecular weight excluding hydrogens is 344 g/mol. The zero-order chi connectivity index (χ0) is 20.0. The van der Waals surface area contributed by atoms with E-state index in [1.807, 2.05) is 32.9 Å². The molecule has 1 saturated heterocycles. The lowest BCUT2D eigenvalue weighted by Gasteiger charge is -2.32. The summed E-state index contributed by atoms with van der Waals surface area (Å²) in [5.74, 6) is 0.681. The van der Waals surface area contributed by atoms with Crippen molar-refractivity contribution in [2.45, 2.75) is 59.4 Å². The molecular formula is C21H30N2O4. The number of hydrogen-bond donors (Lipinski definition) is 1. The third-order valence-corrected chi connectivity index (χ3v) is 5.12. The van der Waals surface area contributed by atoms with Crippen molar-refractivity contribution >= 4 is 17.6 Å². The summed E-state index contributed by atoms with van der Waals surface area (Å²) in [7, 11) is 0. The maximum atomic E-state index is 12.2. The number of aryl methyl sites for hydroxylation is 2. The number of hydrogen-bond acceptors (Lipinski definition) is 4. The average Bonchev–Trinajstić information content (AvgIpc) is 2.63. The smallest absolute Gasteiger partial charge is 0.258 e. The normalized spacial score (nSPS) is 14.7. The predicted molar refractivity (Wildman–Crippen MR) is 104 cm³/mol. The molecule has 0 aromatic heterocycles. The first-order valence-electron chi connectivity index (χ1n) is 9.54. The third-order valence-electron chi connectivity index (χ3n) is 5.12. The van der Waals surface area contributed by atoms with Crippen LogP contribution in [0.4, 0.5) is 0 Å². The zero-order valence-electron chi connectivity index (χ0n) is 16.8.